The predicted octanol–water partition coefficient (Wildman–Crippen LogP) is 4.69. The van der Waals surface area contributed by atoms with Gasteiger partial charge in [-0.2, -0.15) is 13.2 Å². The van der Waals surface area contributed by atoms with Crippen LogP contribution in [0.5, 0.6) is 0 Å². The topological polar surface area (TPSA) is 17.1 Å². The molecule has 0 heterocycles. The van der Waals surface area contributed by atoms with E-state index in [0.717, 1.165) is 5.56 Å². The van der Waals surface area contributed by atoms with Gasteiger partial charge in [0, 0.05) is 5.92 Å². The summed E-state index contributed by atoms with van der Waals surface area (Å²) in [6, 6.07) is 4.13. The summed E-state index contributed by atoms with van der Waals surface area (Å²) in [5.41, 5.74) is 0.635. The van der Waals surface area contributed by atoms with Crippen molar-refractivity contribution in [1.29, 1.82) is 0 Å². The van der Waals surface area contributed by atoms with Gasteiger partial charge in [0.25, 0.3) is 0 Å². The van der Waals surface area contributed by atoms with E-state index in [0.29, 0.717) is 12.8 Å². The summed E-state index contributed by atoms with van der Waals surface area (Å²) in [6.07, 6.45) is -3.68. The smallest absolute Gasteiger partial charge is 0.294 e. The summed E-state index contributed by atoms with van der Waals surface area (Å²) in [6.45, 7) is 1.72. The minimum absolute atomic E-state index is 0.0591. The summed E-state index contributed by atoms with van der Waals surface area (Å²) in [5.74, 6) is -3.33. The van der Waals surface area contributed by atoms with Crippen LogP contribution >= 0.6 is 0 Å². The number of alkyl halides is 3. The van der Waals surface area contributed by atoms with Crippen molar-refractivity contribution in [3.05, 3.63) is 35.1 Å². The van der Waals surface area contributed by atoms with Gasteiger partial charge in [0.2, 0.25) is 0 Å². The van der Waals surface area contributed by atoms with E-state index in [4.69, 9.17) is 0 Å². The number of aryl methyl sites for hydroxylation is 1. The van der Waals surface area contributed by atoms with E-state index in [2.05, 4.69) is 0 Å². The number of carbonyl (C=O) groups excluding carboxylic acids is 1. The van der Waals surface area contributed by atoms with E-state index in [1.807, 2.05) is 0 Å². The Morgan fingerprint density at radius 1 is 1.25 bits per heavy atom. The molecule has 5 heteroatoms. The molecule has 2 unspecified atom stereocenters. The zero-order chi connectivity index (χ0) is 14.9. The molecule has 1 aliphatic rings. The number of carbonyl (C=O) groups is 1. The highest BCUT2D eigenvalue weighted by atomic mass is 19.4. The van der Waals surface area contributed by atoms with Crippen LogP contribution in [0.3, 0.4) is 0 Å². The van der Waals surface area contributed by atoms with E-state index in [1.54, 1.807) is 6.92 Å². The van der Waals surface area contributed by atoms with Gasteiger partial charge in [-0.15, -0.1) is 0 Å². The fourth-order valence-electron chi connectivity index (χ4n) is 2.77. The van der Waals surface area contributed by atoms with Crippen molar-refractivity contribution in [2.75, 3.05) is 0 Å². The highest BCUT2D eigenvalue weighted by Crippen LogP contribution is 2.41. The van der Waals surface area contributed by atoms with Crippen molar-refractivity contribution in [2.45, 2.75) is 38.8 Å². The SMILES string of the molecule is Cc1ccc(F)c(C(=O)C2CCCC(C(F)(F)F)C2)c1. The number of Topliss-reactive ketones (excluding diaryl/α,β-unsaturated/α-hetero) is 1. The largest absolute Gasteiger partial charge is 0.391 e. The van der Waals surface area contributed by atoms with Gasteiger partial charge >= 0.3 is 6.18 Å². The van der Waals surface area contributed by atoms with Crippen LogP contribution in [-0.4, -0.2) is 12.0 Å². The van der Waals surface area contributed by atoms with Gasteiger partial charge in [0.15, 0.2) is 5.78 Å². The van der Waals surface area contributed by atoms with Crippen LogP contribution in [0.1, 0.15) is 41.6 Å². The third-order valence-corrected chi connectivity index (χ3v) is 3.90. The van der Waals surface area contributed by atoms with Gasteiger partial charge < -0.3 is 0 Å². The van der Waals surface area contributed by atoms with Gasteiger partial charge in [-0.25, -0.2) is 4.39 Å². The van der Waals surface area contributed by atoms with E-state index in [9.17, 15) is 22.4 Å². The Kier molecular flexibility index (Phi) is 4.16. The summed E-state index contributed by atoms with van der Waals surface area (Å²) >= 11 is 0. The first-order valence-corrected chi connectivity index (χ1v) is 6.66. The number of rotatable bonds is 2. The zero-order valence-electron chi connectivity index (χ0n) is 11.1. The van der Waals surface area contributed by atoms with E-state index in [-0.39, 0.29) is 18.4 Å². The molecule has 0 aromatic heterocycles. The lowest BCUT2D eigenvalue weighted by atomic mass is 9.77. The first-order valence-electron chi connectivity index (χ1n) is 6.66. The monoisotopic (exact) mass is 288 g/mol. The number of hydrogen-bond acceptors (Lipinski definition) is 1. The number of benzene rings is 1. The number of halogens is 4. The second-order valence-electron chi connectivity index (χ2n) is 5.45. The molecular weight excluding hydrogens is 272 g/mol. The van der Waals surface area contributed by atoms with E-state index in [1.165, 1.54) is 18.2 Å². The van der Waals surface area contributed by atoms with Crippen molar-refractivity contribution in [2.24, 2.45) is 11.8 Å². The molecule has 1 fully saturated rings. The summed E-state index contributed by atoms with van der Waals surface area (Å²) in [4.78, 5) is 12.2. The summed E-state index contributed by atoms with van der Waals surface area (Å²) in [7, 11) is 0. The van der Waals surface area contributed by atoms with Gasteiger partial charge in [0.1, 0.15) is 5.82 Å². The lowest BCUT2D eigenvalue weighted by Crippen LogP contribution is -2.32. The molecule has 2 atom stereocenters. The molecule has 110 valence electrons. The van der Waals surface area contributed by atoms with Crippen molar-refractivity contribution in [3.63, 3.8) is 0 Å². The Labute approximate surface area is 115 Å². The molecule has 0 N–H and O–H groups in total. The van der Waals surface area contributed by atoms with Crippen LogP contribution < -0.4 is 0 Å². The van der Waals surface area contributed by atoms with Crippen LogP contribution in [0.25, 0.3) is 0 Å². The second-order valence-corrected chi connectivity index (χ2v) is 5.45. The lowest BCUT2D eigenvalue weighted by molar-refractivity contribution is -0.184. The van der Waals surface area contributed by atoms with Crippen LogP contribution in [0.2, 0.25) is 0 Å². The summed E-state index contributed by atoms with van der Waals surface area (Å²) < 4.78 is 51.9. The Morgan fingerprint density at radius 3 is 2.60 bits per heavy atom. The minimum atomic E-state index is -4.27. The Hall–Kier alpha value is -1.39. The average molecular weight is 288 g/mol. The lowest BCUT2D eigenvalue weighted by Gasteiger charge is -2.29. The maximum atomic E-state index is 13.7. The van der Waals surface area contributed by atoms with Crippen LogP contribution in [0, 0.1) is 24.6 Å². The molecule has 1 aromatic rings. The fraction of sp³-hybridized carbons (Fsp3) is 0.533. The molecule has 2 rings (SSSR count). The molecule has 1 saturated carbocycles. The summed E-state index contributed by atoms with van der Waals surface area (Å²) in [5, 5.41) is 0. The molecule has 1 nitrogen and oxygen atoms in total. The minimum Gasteiger partial charge on any atom is -0.294 e. The van der Waals surface area contributed by atoms with E-state index < -0.39 is 29.6 Å². The third kappa shape index (κ3) is 3.19. The molecule has 0 bridgehead atoms. The third-order valence-electron chi connectivity index (χ3n) is 3.90. The average Bonchev–Trinajstić information content (AvgIpc) is 2.40. The van der Waals surface area contributed by atoms with Crippen molar-refractivity contribution in [3.8, 4) is 0 Å². The molecule has 0 amide bonds. The number of ketones is 1. The van der Waals surface area contributed by atoms with Crippen LogP contribution in [0.4, 0.5) is 17.6 Å². The normalized spacial score (nSPS) is 23.6. The Bertz CT molecular complexity index is 507. The Morgan fingerprint density at radius 2 is 1.95 bits per heavy atom. The van der Waals surface area contributed by atoms with Crippen molar-refractivity contribution >= 4 is 5.78 Å². The first-order chi connectivity index (χ1) is 9.29. The predicted molar refractivity (Wildman–Crippen MR) is 67.0 cm³/mol. The zero-order valence-corrected chi connectivity index (χ0v) is 11.1. The standard InChI is InChI=1S/C15H16F4O/c1-9-5-6-13(16)12(7-9)14(20)10-3-2-4-11(8-10)15(17,18)19/h5-7,10-11H,2-4,8H2,1H3. The molecule has 1 aliphatic carbocycles. The molecular formula is C15H16F4O. The van der Waals surface area contributed by atoms with E-state index >= 15 is 0 Å². The first kappa shape index (κ1) is 15.0. The molecule has 0 aliphatic heterocycles. The molecule has 1 aromatic carbocycles. The highest BCUT2D eigenvalue weighted by Gasteiger charge is 2.43. The van der Waals surface area contributed by atoms with Gasteiger partial charge in [0.05, 0.1) is 11.5 Å². The highest BCUT2D eigenvalue weighted by molar-refractivity contribution is 5.98. The number of hydrogen-bond donors (Lipinski definition) is 0. The molecule has 20 heavy (non-hydrogen) atoms. The second kappa shape index (κ2) is 5.54. The molecule has 0 saturated heterocycles. The van der Waals surface area contributed by atoms with Crippen LogP contribution in [-0.2, 0) is 0 Å². The molecule has 0 radical (unpaired) electrons. The maximum absolute atomic E-state index is 13.7. The molecule has 0 spiro atoms. The van der Waals surface area contributed by atoms with Gasteiger partial charge in [-0.05, 0) is 38.3 Å². The fourth-order valence-corrected chi connectivity index (χ4v) is 2.77. The van der Waals surface area contributed by atoms with Crippen molar-refractivity contribution in [1.82, 2.24) is 0 Å². The van der Waals surface area contributed by atoms with Gasteiger partial charge in [-0.1, -0.05) is 18.1 Å². The van der Waals surface area contributed by atoms with Crippen molar-refractivity contribution < 1.29 is 22.4 Å². The van der Waals surface area contributed by atoms with Gasteiger partial charge in [-0.3, -0.25) is 4.79 Å². The maximum Gasteiger partial charge on any atom is 0.391 e. The van der Waals surface area contributed by atoms with Crippen LogP contribution in [0.15, 0.2) is 18.2 Å². The quantitative estimate of drug-likeness (QED) is 0.570. The Balaban J connectivity index is 2.18.